The number of ether oxygens (including phenoxy) is 2. The van der Waals surface area contributed by atoms with Crippen LogP contribution in [0.4, 0.5) is 0 Å². The first kappa shape index (κ1) is 17.4. The number of hydrogen-bond donors (Lipinski definition) is 1. The second-order valence-electron chi connectivity index (χ2n) is 8.14. The van der Waals surface area contributed by atoms with E-state index in [2.05, 4.69) is 41.3 Å². The summed E-state index contributed by atoms with van der Waals surface area (Å²) in [6, 6.07) is 19.7. The Hall–Kier alpha value is -1.72. The second kappa shape index (κ2) is 7.02. The van der Waals surface area contributed by atoms with Gasteiger partial charge in [-0.1, -0.05) is 54.6 Å². The molecular weight excluding hydrogens is 338 g/mol. The molecule has 0 aromatic heterocycles. The highest BCUT2D eigenvalue weighted by Crippen LogP contribution is 2.48. The van der Waals surface area contributed by atoms with Crippen LogP contribution in [-0.4, -0.2) is 35.3 Å². The van der Waals surface area contributed by atoms with Crippen molar-refractivity contribution in [2.75, 3.05) is 13.2 Å². The van der Waals surface area contributed by atoms with Crippen molar-refractivity contribution in [3.8, 4) is 0 Å². The van der Waals surface area contributed by atoms with Gasteiger partial charge in [0, 0.05) is 24.2 Å². The largest absolute Gasteiger partial charge is 0.385 e. The molecule has 3 aliphatic heterocycles. The first-order valence-corrected chi connectivity index (χ1v) is 10.1. The van der Waals surface area contributed by atoms with Crippen LogP contribution in [0.3, 0.4) is 0 Å². The number of piperidine rings is 1. The molecule has 1 N–H and O–H groups in total. The van der Waals surface area contributed by atoms with Crippen LogP contribution < -0.4 is 0 Å². The van der Waals surface area contributed by atoms with Crippen molar-refractivity contribution in [3.63, 3.8) is 0 Å². The Morgan fingerprint density at radius 3 is 2.22 bits per heavy atom. The summed E-state index contributed by atoms with van der Waals surface area (Å²) in [6.45, 7) is 2.21. The van der Waals surface area contributed by atoms with Crippen LogP contribution >= 0.6 is 0 Å². The molecule has 2 atom stereocenters. The molecule has 0 spiro atoms. The van der Waals surface area contributed by atoms with E-state index in [-0.39, 0.29) is 6.29 Å². The fourth-order valence-electron chi connectivity index (χ4n) is 5.25. The molecule has 0 aliphatic carbocycles. The van der Waals surface area contributed by atoms with Gasteiger partial charge in [0.25, 0.3) is 0 Å². The molecule has 0 amide bonds. The van der Waals surface area contributed by atoms with Crippen LogP contribution in [0.15, 0.2) is 54.6 Å². The summed E-state index contributed by atoms with van der Waals surface area (Å²) in [7, 11) is 0. The van der Waals surface area contributed by atoms with Crippen LogP contribution in [0.2, 0.25) is 0 Å². The van der Waals surface area contributed by atoms with Crippen molar-refractivity contribution < 1.29 is 14.6 Å². The fourth-order valence-corrected chi connectivity index (χ4v) is 5.25. The molecule has 3 saturated heterocycles. The minimum absolute atomic E-state index is 0.342. The zero-order chi connectivity index (χ0) is 18.3. The normalized spacial score (nSPS) is 31.4. The van der Waals surface area contributed by atoms with Gasteiger partial charge in [-0.05, 0) is 36.8 Å². The summed E-state index contributed by atoms with van der Waals surface area (Å²) < 4.78 is 11.5. The lowest BCUT2D eigenvalue weighted by Crippen LogP contribution is -2.49. The quantitative estimate of drug-likeness (QED) is 0.896. The average molecular weight is 365 g/mol. The van der Waals surface area contributed by atoms with Gasteiger partial charge in [-0.25, -0.2) is 0 Å². The highest BCUT2D eigenvalue weighted by atomic mass is 16.7. The topological polar surface area (TPSA) is 41.9 Å². The number of benzene rings is 2. The smallest absolute Gasteiger partial charge is 0.184 e. The minimum Gasteiger partial charge on any atom is -0.385 e. The SMILES string of the molecule is OC1(c2ccccc2C2OCCO2)CC2CCC(C1)N2Cc1ccccc1. The van der Waals surface area contributed by atoms with Gasteiger partial charge in [0.05, 0.1) is 18.8 Å². The van der Waals surface area contributed by atoms with E-state index in [1.54, 1.807) is 0 Å². The molecule has 3 aliphatic rings. The van der Waals surface area contributed by atoms with Crippen molar-refractivity contribution in [3.05, 3.63) is 71.3 Å². The summed E-state index contributed by atoms with van der Waals surface area (Å²) in [6.07, 6.45) is 3.54. The Bertz CT molecular complexity index is 773. The average Bonchev–Trinajstić information content (AvgIpc) is 3.31. The van der Waals surface area contributed by atoms with Gasteiger partial charge >= 0.3 is 0 Å². The van der Waals surface area contributed by atoms with E-state index in [1.165, 1.54) is 18.4 Å². The number of rotatable bonds is 4. The van der Waals surface area contributed by atoms with E-state index in [1.807, 2.05) is 18.2 Å². The van der Waals surface area contributed by atoms with E-state index < -0.39 is 5.60 Å². The number of hydrogen-bond acceptors (Lipinski definition) is 4. The molecule has 2 aromatic carbocycles. The fraction of sp³-hybridized carbons (Fsp3) is 0.478. The lowest BCUT2D eigenvalue weighted by molar-refractivity contribution is -0.0721. The van der Waals surface area contributed by atoms with Gasteiger partial charge in [0.2, 0.25) is 0 Å². The summed E-state index contributed by atoms with van der Waals surface area (Å²) in [5, 5.41) is 11.7. The zero-order valence-corrected chi connectivity index (χ0v) is 15.6. The Morgan fingerprint density at radius 2 is 1.52 bits per heavy atom. The van der Waals surface area contributed by atoms with E-state index in [0.29, 0.717) is 25.3 Å². The van der Waals surface area contributed by atoms with Gasteiger partial charge < -0.3 is 14.6 Å². The Balaban J connectivity index is 1.40. The van der Waals surface area contributed by atoms with Gasteiger partial charge in [-0.3, -0.25) is 4.90 Å². The van der Waals surface area contributed by atoms with Crippen molar-refractivity contribution in [1.82, 2.24) is 4.90 Å². The lowest BCUT2D eigenvalue weighted by atomic mass is 9.78. The maximum Gasteiger partial charge on any atom is 0.184 e. The third-order valence-electron chi connectivity index (χ3n) is 6.46. The predicted molar refractivity (Wildman–Crippen MR) is 103 cm³/mol. The minimum atomic E-state index is -0.801. The van der Waals surface area contributed by atoms with Crippen LogP contribution in [-0.2, 0) is 21.6 Å². The monoisotopic (exact) mass is 365 g/mol. The van der Waals surface area contributed by atoms with Gasteiger partial charge in [-0.15, -0.1) is 0 Å². The molecule has 4 heteroatoms. The third kappa shape index (κ3) is 3.21. The van der Waals surface area contributed by atoms with Crippen molar-refractivity contribution in [1.29, 1.82) is 0 Å². The molecule has 2 aromatic rings. The lowest BCUT2D eigenvalue weighted by Gasteiger charge is -2.45. The van der Waals surface area contributed by atoms with Crippen LogP contribution in [0.5, 0.6) is 0 Å². The molecule has 3 heterocycles. The van der Waals surface area contributed by atoms with E-state index in [0.717, 1.165) is 30.5 Å². The first-order valence-electron chi connectivity index (χ1n) is 10.1. The highest BCUT2D eigenvalue weighted by molar-refractivity contribution is 5.35. The Labute approximate surface area is 160 Å². The van der Waals surface area contributed by atoms with Gasteiger partial charge in [-0.2, -0.15) is 0 Å². The first-order chi connectivity index (χ1) is 13.2. The van der Waals surface area contributed by atoms with E-state index in [9.17, 15) is 5.11 Å². The summed E-state index contributed by atoms with van der Waals surface area (Å²) >= 11 is 0. The maximum absolute atomic E-state index is 11.7. The summed E-state index contributed by atoms with van der Waals surface area (Å²) in [5.41, 5.74) is 2.54. The Morgan fingerprint density at radius 1 is 0.889 bits per heavy atom. The second-order valence-corrected chi connectivity index (χ2v) is 8.14. The zero-order valence-electron chi connectivity index (χ0n) is 15.6. The van der Waals surface area contributed by atoms with E-state index >= 15 is 0 Å². The third-order valence-corrected chi connectivity index (χ3v) is 6.46. The molecule has 2 bridgehead atoms. The predicted octanol–water partition coefficient (Wildman–Crippen LogP) is 3.75. The van der Waals surface area contributed by atoms with Crippen LogP contribution in [0.1, 0.15) is 48.7 Å². The number of aliphatic hydroxyl groups is 1. The molecule has 5 rings (SSSR count). The standard InChI is InChI=1S/C23H27NO3/c25-23(21-9-5-4-8-20(21)22-26-12-13-27-22)14-18-10-11-19(15-23)24(18)16-17-6-2-1-3-7-17/h1-9,18-19,22,25H,10-16H2. The molecule has 142 valence electrons. The van der Waals surface area contributed by atoms with Crippen LogP contribution in [0, 0.1) is 0 Å². The molecule has 2 unspecified atom stereocenters. The van der Waals surface area contributed by atoms with Gasteiger partial charge in [0.1, 0.15) is 0 Å². The van der Waals surface area contributed by atoms with Crippen LogP contribution in [0.25, 0.3) is 0 Å². The summed E-state index contributed by atoms with van der Waals surface area (Å²) in [4.78, 5) is 2.61. The number of fused-ring (bicyclic) bond motifs is 2. The molecule has 4 nitrogen and oxygen atoms in total. The van der Waals surface area contributed by atoms with E-state index in [4.69, 9.17) is 9.47 Å². The van der Waals surface area contributed by atoms with Crippen molar-refractivity contribution in [2.45, 2.75) is 56.2 Å². The molecule has 3 fully saturated rings. The maximum atomic E-state index is 11.7. The van der Waals surface area contributed by atoms with Crippen molar-refractivity contribution >= 4 is 0 Å². The number of nitrogens with zero attached hydrogens (tertiary/aromatic N) is 1. The van der Waals surface area contributed by atoms with Crippen molar-refractivity contribution in [2.24, 2.45) is 0 Å². The summed E-state index contributed by atoms with van der Waals surface area (Å²) in [5.74, 6) is 0. The molecule has 0 radical (unpaired) electrons. The van der Waals surface area contributed by atoms with Gasteiger partial charge in [0.15, 0.2) is 6.29 Å². The highest BCUT2D eigenvalue weighted by Gasteiger charge is 2.49. The molecule has 0 saturated carbocycles. The Kier molecular flexibility index (Phi) is 4.52. The molecule has 27 heavy (non-hydrogen) atoms. The molecular formula is C23H27NO3.